The van der Waals surface area contributed by atoms with Crippen LogP contribution in [-0.2, 0) is 0 Å². The van der Waals surface area contributed by atoms with Crippen molar-refractivity contribution in [3.05, 3.63) is 69.5 Å². The highest BCUT2D eigenvalue weighted by Gasteiger charge is 2.10. The van der Waals surface area contributed by atoms with Crippen molar-refractivity contribution >= 4 is 38.3 Å². The molecule has 3 nitrogen and oxygen atoms in total. The number of carbonyl (C=O) groups is 1. The van der Waals surface area contributed by atoms with Crippen molar-refractivity contribution in [3.63, 3.8) is 0 Å². The minimum atomic E-state index is -0.160. The fourth-order valence-electron chi connectivity index (χ4n) is 2.30. The van der Waals surface area contributed by atoms with Crippen LogP contribution in [0.4, 0.5) is 5.13 Å². The van der Waals surface area contributed by atoms with E-state index in [9.17, 15) is 4.79 Å². The Bertz CT molecular complexity index is 856. The molecule has 3 rings (SSSR count). The zero-order valence-corrected chi connectivity index (χ0v) is 15.8. The van der Waals surface area contributed by atoms with Crippen molar-refractivity contribution in [1.29, 1.82) is 0 Å². The second-order valence-corrected chi connectivity index (χ2v) is 7.55. The highest BCUT2D eigenvalue weighted by molar-refractivity contribution is 9.10. The average molecular weight is 401 g/mol. The first-order valence-electron chi connectivity index (χ1n) is 7.65. The van der Waals surface area contributed by atoms with Gasteiger partial charge in [0.25, 0.3) is 5.91 Å². The first-order valence-corrected chi connectivity index (χ1v) is 9.33. The maximum absolute atomic E-state index is 12.3. The van der Waals surface area contributed by atoms with Gasteiger partial charge in [0, 0.05) is 21.0 Å². The maximum Gasteiger partial charge on any atom is 0.257 e. The van der Waals surface area contributed by atoms with Crippen LogP contribution in [0.25, 0.3) is 11.3 Å². The number of hydrogen-bond donors (Lipinski definition) is 1. The first-order chi connectivity index (χ1) is 11.5. The summed E-state index contributed by atoms with van der Waals surface area (Å²) >= 11 is 4.80. The van der Waals surface area contributed by atoms with Gasteiger partial charge in [0.2, 0.25) is 0 Å². The molecule has 0 fully saturated rings. The molecule has 24 heavy (non-hydrogen) atoms. The molecule has 0 spiro atoms. The van der Waals surface area contributed by atoms with E-state index in [0.29, 0.717) is 16.6 Å². The number of thiazole rings is 1. The zero-order valence-electron chi connectivity index (χ0n) is 13.4. The molecule has 1 amide bonds. The molecule has 3 aromatic rings. The van der Waals surface area contributed by atoms with Crippen LogP contribution in [0.3, 0.4) is 0 Å². The Morgan fingerprint density at radius 1 is 1.17 bits per heavy atom. The number of nitrogens with zero attached hydrogens (tertiary/aromatic N) is 1. The largest absolute Gasteiger partial charge is 0.298 e. The Morgan fingerprint density at radius 2 is 1.92 bits per heavy atom. The fourth-order valence-corrected chi connectivity index (χ4v) is 3.42. The molecule has 5 heteroatoms. The van der Waals surface area contributed by atoms with Crippen LogP contribution >= 0.6 is 27.3 Å². The van der Waals surface area contributed by atoms with Crippen LogP contribution in [0.2, 0.25) is 0 Å². The van der Waals surface area contributed by atoms with Gasteiger partial charge in [-0.25, -0.2) is 4.98 Å². The van der Waals surface area contributed by atoms with E-state index in [-0.39, 0.29) is 5.91 Å². The first kappa shape index (κ1) is 16.9. The molecule has 0 aliphatic heterocycles. The van der Waals surface area contributed by atoms with Crippen molar-refractivity contribution in [2.45, 2.75) is 19.8 Å². The van der Waals surface area contributed by atoms with Crippen molar-refractivity contribution in [2.24, 2.45) is 0 Å². The molecule has 0 unspecified atom stereocenters. The number of carbonyl (C=O) groups excluding carboxylic acids is 1. The summed E-state index contributed by atoms with van der Waals surface area (Å²) < 4.78 is 0.875. The summed E-state index contributed by atoms with van der Waals surface area (Å²) in [7, 11) is 0. The molecule has 1 heterocycles. The van der Waals surface area contributed by atoms with Crippen LogP contribution < -0.4 is 5.32 Å². The number of anilines is 1. The lowest BCUT2D eigenvalue weighted by atomic mass is 10.0. The van der Waals surface area contributed by atoms with Crippen molar-refractivity contribution in [1.82, 2.24) is 4.98 Å². The van der Waals surface area contributed by atoms with Crippen LogP contribution in [0, 0.1) is 0 Å². The third kappa shape index (κ3) is 3.91. The number of nitrogens with one attached hydrogen (secondary N) is 1. The maximum atomic E-state index is 12.3. The highest BCUT2D eigenvalue weighted by Crippen LogP contribution is 2.27. The van der Waals surface area contributed by atoms with E-state index in [1.165, 1.54) is 16.9 Å². The molecule has 2 aromatic carbocycles. The van der Waals surface area contributed by atoms with Gasteiger partial charge in [-0.1, -0.05) is 60.1 Å². The predicted octanol–water partition coefficient (Wildman–Crippen LogP) is 5.95. The number of amides is 1. The summed E-state index contributed by atoms with van der Waals surface area (Å²) in [4.78, 5) is 16.8. The highest BCUT2D eigenvalue weighted by atomic mass is 79.9. The Kier molecular flexibility index (Phi) is 5.11. The molecule has 0 radical (unpaired) electrons. The smallest absolute Gasteiger partial charge is 0.257 e. The van der Waals surface area contributed by atoms with Gasteiger partial charge in [-0.2, -0.15) is 0 Å². The quantitative estimate of drug-likeness (QED) is 0.587. The van der Waals surface area contributed by atoms with E-state index < -0.39 is 0 Å². The van der Waals surface area contributed by atoms with Crippen LogP contribution in [-0.4, -0.2) is 10.9 Å². The molecule has 0 aliphatic carbocycles. The molecular weight excluding hydrogens is 384 g/mol. The van der Waals surface area contributed by atoms with E-state index in [2.05, 4.69) is 64.3 Å². The summed E-state index contributed by atoms with van der Waals surface area (Å²) in [5.74, 6) is 0.349. The van der Waals surface area contributed by atoms with E-state index in [4.69, 9.17) is 0 Å². The Hall–Kier alpha value is -1.98. The van der Waals surface area contributed by atoms with Crippen LogP contribution in [0.15, 0.2) is 58.4 Å². The van der Waals surface area contributed by atoms with Gasteiger partial charge < -0.3 is 0 Å². The number of aromatic nitrogens is 1. The van der Waals surface area contributed by atoms with Gasteiger partial charge in [0.15, 0.2) is 5.13 Å². The lowest BCUT2D eigenvalue weighted by Gasteiger charge is -2.05. The number of hydrogen-bond acceptors (Lipinski definition) is 3. The van der Waals surface area contributed by atoms with Gasteiger partial charge >= 0.3 is 0 Å². The number of benzene rings is 2. The standard InChI is InChI=1S/C19H17BrN2OS/c1-12(2)13-6-8-14(9-7-13)17-11-24-19(21-17)22-18(23)15-4-3-5-16(20)10-15/h3-12H,1-2H3,(H,21,22,23). The lowest BCUT2D eigenvalue weighted by molar-refractivity contribution is 0.102. The molecule has 0 atom stereocenters. The van der Waals surface area contributed by atoms with Crippen molar-refractivity contribution < 1.29 is 4.79 Å². The van der Waals surface area contributed by atoms with E-state index in [0.717, 1.165) is 15.7 Å². The van der Waals surface area contributed by atoms with Crippen LogP contribution in [0.1, 0.15) is 35.7 Å². The second kappa shape index (κ2) is 7.28. The minimum Gasteiger partial charge on any atom is -0.298 e. The molecular formula is C19H17BrN2OS. The predicted molar refractivity (Wildman–Crippen MR) is 104 cm³/mol. The van der Waals surface area contributed by atoms with Gasteiger partial charge in [-0.15, -0.1) is 11.3 Å². The molecule has 122 valence electrons. The van der Waals surface area contributed by atoms with Gasteiger partial charge in [-0.3, -0.25) is 10.1 Å². The van der Waals surface area contributed by atoms with E-state index >= 15 is 0 Å². The monoisotopic (exact) mass is 400 g/mol. The second-order valence-electron chi connectivity index (χ2n) is 5.78. The third-order valence-corrected chi connectivity index (χ3v) is 4.94. The van der Waals surface area contributed by atoms with Gasteiger partial charge in [0.1, 0.15) is 0 Å². The number of rotatable bonds is 4. The average Bonchev–Trinajstić information content (AvgIpc) is 3.03. The normalized spacial score (nSPS) is 10.8. The fraction of sp³-hybridized carbons (Fsp3) is 0.158. The summed E-state index contributed by atoms with van der Waals surface area (Å²) in [5.41, 5.74) is 3.83. The molecule has 1 N–H and O–H groups in total. The Balaban J connectivity index is 1.74. The molecule has 0 saturated heterocycles. The van der Waals surface area contributed by atoms with E-state index in [1.54, 1.807) is 12.1 Å². The zero-order chi connectivity index (χ0) is 17.1. The van der Waals surface area contributed by atoms with Crippen LogP contribution in [0.5, 0.6) is 0 Å². The molecule has 0 bridgehead atoms. The summed E-state index contributed by atoms with van der Waals surface area (Å²) in [6.45, 7) is 4.35. The topological polar surface area (TPSA) is 42.0 Å². The van der Waals surface area contributed by atoms with Gasteiger partial charge in [0.05, 0.1) is 5.69 Å². The Morgan fingerprint density at radius 3 is 2.58 bits per heavy atom. The summed E-state index contributed by atoms with van der Waals surface area (Å²) in [5, 5.41) is 5.41. The third-order valence-electron chi connectivity index (χ3n) is 3.68. The summed E-state index contributed by atoms with van der Waals surface area (Å²) in [6, 6.07) is 15.7. The SMILES string of the molecule is CC(C)c1ccc(-c2csc(NC(=O)c3cccc(Br)c3)n2)cc1. The Labute approximate surface area is 153 Å². The lowest BCUT2D eigenvalue weighted by Crippen LogP contribution is -2.11. The van der Waals surface area contributed by atoms with Crippen molar-refractivity contribution in [2.75, 3.05) is 5.32 Å². The molecule has 0 saturated carbocycles. The minimum absolute atomic E-state index is 0.160. The molecule has 0 aliphatic rings. The summed E-state index contributed by atoms with van der Waals surface area (Å²) in [6.07, 6.45) is 0. The van der Waals surface area contributed by atoms with Crippen molar-refractivity contribution in [3.8, 4) is 11.3 Å². The number of halogens is 1. The molecule has 1 aromatic heterocycles. The van der Waals surface area contributed by atoms with E-state index in [1.807, 2.05) is 17.5 Å². The van der Waals surface area contributed by atoms with Gasteiger partial charge in [-0.05, 0) is 29.7 Å².